The lowest BCUT2D eigenvalue weighted by molar-refractivity contribution is -0.384. The Kier molecular flexibility index (Phi) is 8.44. The number of nitrogens with one attached hydrogen (secondary N) is 1. The monoisotopic (exact) mass is 515 g/mol. The van der Waals surface area contributed by atoms with Gasteiger partial charge in [-0.05, 0) is 17.2 Å². The van der Waals surface area contributed by atoms with Crippen molar-refractivity contribution in [3.05, 3.63) is 106 Å². The van der Waals surface area contributed by atoms with E-state index in [1.807, 2.05) is 29.2 Å². The van der Waals surface area contributed by atoms with Gasteiger partial charge in [-0.2, -0.15) is 0 Å². The standard InChI is InChI=1S/C28H29N5O5/c29-27(35)26(34)24(17-20-7-3-1-4-8-20)30-28(36)23-18-22(33(37)38)11-12-25(23)32-15-13-31(14-16-32)19-21-9-5-2-6-10-21/h1-12,18,24H,13-17,19H2,(H2,29,35)(H,30,36). The van der Waals surface area contributed by atoms with E-state index in [9.17, 15) is 24.5 Å². The third kappa shape index (κ3) is 6.60. The molecule has 1 fully saturated rings. The van der Waals surface area contributed by atoms with E-state index in [1.54, 1.807) is 30.3 Å². The van der Waals surface area contributed by atoms with Crippen LogP contribution in [0.15, 0.2) is 78.9 Å². The Morgan fingerprint density at radius 1 is 0.895 bits per heavy atom. The van der Waals surface area contributed by atoms with Gasteiger partial charge >= 0.3 is 0 Å². The summed E-state index contributed by atoms with van der Waals surface area (Å²) in [6, 6.07) is 21.9. The van der Waals surface area contributed by atoms with Gasteiger partial charge in [0.25, 0.3) is 17.5 Å². The second kappa shape index (κ2) is 12.1. The van der Waals surface area contributed by atoms with Crippen LogP contribution in [-0.2, 0) is 22.6 Å². The summed E-state index contributed by atoms with van der Waals surface area (Å²) >= 11 is 0. The van der Waals surface area contributed by atoms with Crippen molar-refractivity contribution < 1.29 is 19.3 Å². The molecule has 10 heteroatoms. The first-order chi connectivity index (χ1) is 18.3. The molecule has 196 valence electrons. The molecule has 2 amide bonds. The number of anilines is 1. The van der Waals surface area contributed by atoms with E-state index in [2.05, 4.69) is 22.3 Å². The van der Waals surface area contributed by atoms with Gasteiger partial charge in [0.15, 0.2) is 0 Å². The van der Waals surface area contributed by atoms with E-state index in [0.717, 1.165) is 25.2 Å². The number of Topliss-reactive ketones (excluding diaryl/α,β-unsaturated/α-hetero) is 1. The average molecular weight is 516 g/mol. The summed E-state index contributed by atoms with van der Waals surface area (Å²) in [5, 5.41) is 14.1. The molecule has 1 unspecified atom stereocenters. The smallest absolute Gasteiger partial charge is 0.287 e. The van der Waals surface area contributed by atoms with Gasteiger partial charge in [0.2, 0.25) is 5.78 Å². The van der Waals surface area contributed by atoms with Crippen LogP contribution >= 0.6 is 0 Å². The number of hydrogen-bond donors (Lipinski definition) is 2. The van der Waals surface area contributed by atoms with Crippen LogP contribution in [0, 0.1) is 10.1 Å². The van der Waals surface area contributed by atoms with Gasteiger partial charge in [-0.15, -0.1) is 0 Å². The Morgan fingerprint density at radius 3 is 2.08 bits per heavy atom. The molecule has 4 rings (SSSR count). The summed E-state index contributed by atoms with van der Waals surface area (Å²) in [7, 11) is 0. The molecule has 3 N–H and O–H groups in total. The Bertz CT molecular complexity index is 1310. The highest BCUT2D eigenvalue weighted by molar-refractivity contribution is 6.38. The molecule has 0 radical (unpaired) electrons. The predicted octanol–water partition coefficient (Wildman–Crippen LogP) is 2.31. The Hall–Kier alpha value is -4.57. The maximum absolute atomic E-state index is 13.4. The highest BCUT2D eigenvalue weighted by Crippen LogP contribution is 2.27. The maximum Gasteiger partial charge on any atom is 0.287 e. The van der Waals surface area contributed by atoms with Crippen LogP contribution in [0.2, 0.25) is 0 Å². The molecule has 0 bridgehead atoms. The molecule has 1 aliphatic rings. The van der Waals surface area contributed by atoms with Crippen LogP contribution in [0.4, 0.5) is 11.4 Å². The van der Waals surface area contributed by atoms with Gasteiger partial charge < -0.3 is 16.0 Å². The molecule has 0 spiro atoms. The van der Waals surface area contributed by atoms with Crippen molar-refractivity contribution in [2.75, 3.05) is 31.1 Å². The summed E-state index contributed by atoms with van der Waals surface area (Å²) in [6.45, 7) is 3.50. The largest absolute Gasteiger partial charge is 0.368 e. The van der Waals surface area contributed by atoms with Gasteiger partial charge in [0.05, 0.1) is 16.2 Å². The second-order valence-electron chi connectivity index (χ2n) is 9.15. The Labute approximate surface area is 220 Å². The number of nitro benzene ring substituents is 1. The third-order valence-electron chi connectivity index (χ3n) is 6.54. The zero-order chi connectivity index (χ0) is 27.1. The number of carbonyl (C=O) groups excluding carboxylic acids is 3. The molecule has 10 nitrogen and oxygen atoms in total. The first-order valence-corrected chi connectivity index (χ1v) is 12.3. The molecule has 3 aromatic rings. The van der Waals surface area contributed by atoms with Crippen molar-refractivity contribution in [2.24, 2.45) is 5.73 Å². The van der Waals surface area contributed by atoms with Gasteiger partial charge in [-0.3, -0.25) is 29.4 Å². The van der Waals surface area contributed by atoms with E-state index in [0.29, 0.717) is 18.8 Å². The lowest BCUT2D eigenvalue weighted by Gasteiger charge is -2.37. The number of ketones is 1. The summed E-state index contributed by atoms with van der Waals surface area (Å²) in [5.41, 5.74) is 7.51. The average Bonchev–Trinajstić information content (AvgIpc) is 2.93. The normalized spacial score (nSPS) is 14.5. The van der Waals surface area contributed by atoms with Crippen molar-refractivity contribution >= 4 is 29.0 Å². The molecule has 0 aromatic heterocycles. The number of nitrogens with zero attached hydrogens (tertiary/aromatic N) is 3. The number of primary amides is 1. The minimum Gasteiger partial charge on any atom is -0.368 e. The lowest BCUT2D eigenvalue weighted by Crippen LogP contribution is -2.48. The van der Waals surface area contributed by atoms with Crippen molar-refractivity contribution in [3.63, 3.8) is 0 Å². The fourth-order valence-corrected chi connectivity index (χ4v) is 4.55. The zero-order valence-electron chi connectivity index (χ0n) is 20.8. The number of hydrogen-bond acceptors (Lipinski definition) is 7. The molecule has 0 saturated carbocycles. The van der Waals surface area contributed by atoms with E-state index >= 15 is 0 Å². The number of nitrogens with two attached hydrogens (primary N) is 1. The zero-order valence-corrected chi connectivity index (χ0v) is 20.8. The number of carbonyl (C=O) groups is 3. The van der Waals surface area contributed by atoms with E-state index < -0.39 is 28.6 Å². The van der Waals surface area contributed by atoms with Crippen molar-refractivity contribution in [1.82, 2.24) is 10.2 Å². The number of amides is 2. The highest BCUT2D eigenvalue weighted by atomic mass is 16.6. The number of piperazine rings is 1. The van der Waals surface area contributed by atoms with Gasteiger partial charge in [0, 0.05) is 51.3 Å². The van der Waals surface area contributed by atoms with E-state index in [1.165, 1.54) is 17.7 Å². The first-order valence-electron chi connectivity index (χ1n) is 12.3. The molecular formula is C28H29N5O5. The minimum absolute atomic E-state index is 0.0524. The van der Waals surface area contributed by atoms with Crippen LogP contribution in [0.3, 0.4) is 0 Å². The summed E-state index contributed by atoms with van der Waals surface area (Å²) in [4.78, 5) is 52.9. The molecule has 0 aliphatic carbocycles. The molecule has 1 heterocycles. The molecule has 1 saturated heterocycles. The number of non-ortho nitro benzene ring substituents is 1. The lowest BCUT2D eigenvalue weighted by atomic mass is 10.0. The van der Waals surface area contributed by atoms with Crippen LogP contribution in [0.5, 0.6) is 0 Å². The molecule has 38 heavy (non-hydrogen) atoms. The fraction of sp³-hybridized carbons (Fsp3) is 0.250. The summed E-state index contributed by atoms with van der Waals surface area (Å²) in [6.07, 6.45) is 0.0524. The fourth-order valence-electron chi connectivity index (χ4n) is 4.55. The predicted molar refractivity (Wildman–Crippen MR) is 143 cm³/mol. The van der Waals surface area contributed by atoms with Crippen molar-refractivity contribution in [3.8, 4) is 0 Å². The van der Waals surface area contributed by atoms with Crippen molar-refractivity contribution in [2.45, 2.75) is 19.0 Å². The minimum atomic E-state index is -1.21. The molecule has 1 atom stereocenters. The van der Waals surface area contributed by atoms with Crippen molar-refractivity contribution in [1.29, 1.82) is 0 Å². The summed E-state index contributed by atoms with van der Waals surface area (Å²) in [5.74, 6) is -2.80. The van der Waals surface area contributed by atoms with Crippen LogP contribution < -0.4 is 16.0 Å². The van der Waals surface area contributed by atoms with E-state index in [4.69, 9.17) is 5.73 Å². The van der Waals surface area contributed by atoms with Crippen LogP contribution in [-0.4, -0.2) is 59.6 Å². The quantitative estimate of drug-likeness (QED) is 0.240. The number of rotatable bonds is 10. The van der Waals surface area contributed by atoms with Gasteiger partial charge in [-0.1, -0.05) is 60.7 Å². The third-order valence-corrected chi connectivity index (χ3v) is 6.54. The van der Waals surface area contributed by atoms with E-state index in [-0.39, 0.29) is 17.7 Å². The summed E-state index contributed by atoms with van der Waals surface area (Å²) < 4.78 is 0. The number of benzene rings is 3. The highest BCUT2D eigenvalue weighted by Gasteiger charge is 2.29. The topological polar surface area (TPSA) is 139 Å². The first kappa shape index (κ1) is 26.5. The molecule has 1 aliphatic heterocycles. The Morgan fingerprint density at radius 2 is 1.50 bits per heavy atom. The molecule has 3 aromatic carbocycles. The maximum atomic E-state index is 13.4. The SMILES string of the molecule is NC(=O)C(=O)C(Cc1ccccc1)NC(=O)c1cc([N+](=O)[O-])ccc1N1CCN(Cc2ccccc2)CC1. The van der Waals surface area contributed by atoms with Crippen LogP contribution in [0.1, 0.15) is 21.5 Å². The number of nitro groups is 1. The second-order valence-corrected chi connectivity index (χ2v) is 9.15. The molecular weight excluding hydrogens is 486 g/mol. The van der Waals surface area contributed by atoms with Gasteiger partial charge in [0.1, 0.15) is 6.04 Å². The van der Waals surface area contributed by atoms with Gasteiger partial charge in [-0.25, -0.2) is 0 Å². The van der Waals surface area contributed by atoms with Crippen LogP contribution in [0.25, 0.3) is 0 Å². The Balaban J connectivity index is 1.54.